The zero-order valence-corrected chi connectivity index (χ0v) is 10.8. The summed E-state index contributed by atoms with van der Waals surface area (Å²) in [6, 6.07) is 5.06. The van der Waals surface area contributed by atoms with E-state index in [0.717, 1.165) is 12.0 Å². The van der Waals surface area contributed by atoms with Crippen LogP contribution in [-0.2, 0) is 12.3 Å². The number of aryl methyl sites for hydroxylation is 1. The van der Waals surface area contributed by atoms with Gasteiger partial charge in [-0.25, -0.2) is 8.78 Å². The monoisotopic (exact) mass is 255 g/mol. The zero-order chi connectivity index (χ0) is 13.2. The molecular formula is C14H19F2NO. The van der Waals surface area contributed by atoms with Crippen LogP contribution < -0.4 is 10.1 Å². The van der Waals surface area contributed by atoms with Gasteiger partial charge in [-0.1, -0.05) is 13.0 Å². The lowest BCUT2D eigenvalue weighted by atomic mass is 9.91. The van der Waals surface area contributed by atoms with Crippen molar-refractivity contribution >= 4 is 0 Å². The van der Waals surface area contributed by atoms with Gasteiger partial charge < -0.3 is 10.1 Å². The highest BCUT2D eigenvalue weighted by atomic mass is 19.3. The fourth-order valence-corrected chi connectivity index (χ4v) is 2.42. The van der Waals surface area contributed by atoms with Crippen molar-refractivity contribution in [3.05, 3.63) is 29.3 Å². The number of ether oxygens (including phenoxy) is 1. The third-order valence-electron chi connectivity index (χ3n) is 3.60. The maximum absolute atomic E-state index is 14.5. The first-order valence-electron chi connectivity index (χ1n) is 6.35. The van der Waals surface area contributed by atoms with Crippen LogP contribution in [0.5, 0.6) is 5.75 Å². The standard InChI is InChI=1S/C14H19F2NO/c1-3-10-4-5-13(18-2)12(8-10)14(15,16)11-6-7-17-9-11/h4-5,8,11,17H,3,6-7,9H2,1-2H3. The molecule has 1 aliphatic heterocycles. The summed E-state index contributed by atoms with van der Waals surface area (Å²) in [5, 5.41) is 2.99. The number of hydrogen-bond donors (Lipinski definition) is 1. The third-order valence-corrected chi connectivity index (χ3v) is 3.60. The van der Waals surface area contributed by atoms with Crippen molar-refractivity contribution in [2.24, 2.45) is 5.92 Å². The van der Waals surface area contributed by atoms with Gasteiger partial charge in [-0.15, -0.1) is 0 Å². The highest BCUT2D eigenvalue weighted by molar-refractivity contribution is 5.40. The molecule has 4 heteroatoms. The Morgan fingerprint density at radius 1 is 1.44 bits per heavy atom. The van der Waals surface area contributed by atoms with Crippen molar-refractivity contribution in [1.29, 1.82) is 0 Å². The van der Waals surface area contributed by atoms with Crippen LogP contribution >= 0.6 is 0 Å². The molecule has 0 aromatic heterocycles. The van der Waals surface area contributed by atoms with Crippen molar-refractivity contribution in [2.75, 3.05) is 20.2 Å². The Balaban J connectivity index is 2.40. The van der Waals surface area contributed by atoms with Gasteiger partial charge in [0, 0.05) is 12.5 Å². The van der Waals surface area contributed by atoms with Crippen LogP contribution in [0.1, 0.15) is 24.5 Å². The number of hydrogen-bond acceptors (Lipinski definition) is 2. The van der Waals surface area contributed by atoms with Crippen LogP contribution in [0.25, 0.3) is 0 Å². The number of alkyl halides is 2. The Morgan fingerprint density at radius 2 is 2.22 bits per heavy atom. The van der Waals surface area contributed by atoms with E-state index in [1.807, 2.05) is 13.0 Å². The minimum Gasteiger partial charge on any atom is -0.496 e. The maximum Gasteiger partial charge on any atom is 0.280 e. The van der Waals surface area contributed by atoms with Crippen LogP contribution in [0.3, 0.4) is 0 Å². The molecule has 1 heterocycles. The minimum absolute atomic E-state index is 0.0260. The first-order valence-corrected chi connectivity index (χ1v) is 6.35. The summed E-state index contributed by atoms with van der Waals surface area (Å²) in [6.07, 6.45) is 1.25. The van der Waals surface area contributed by atoms with Crippen LogP contribution in [0.2, 0.25) is 0 Å². The second-order valence-corrected chi connectivity index (χ2v) is 4.70. The predicted octanol–water partition coefficient (Wildman–Crippen LogP) is 2.96. The largest absolute Gasteiger partial charge is 0.496 e. The van der Waals surface area contributed by atoms with Crippen LogP contribution in [0.4, 0.5) is 8.78 Å². The summed E-state index contributed by atoms with van der Waals surface area (Å²) < 4.78 is 34.1. The molecular weight excluding hydrogens is 236 g/mol. The molecule has 0 radical (unpaired) electrons. The number of methoxy groups -OCH3 is 1. The lowest BCUT2D eigenvalue weighted by Crippen LogP contribution is -2.28. The molecule has 0 bridgehead atoms. The molecule has 2 nitrogen and oxygen atoms in total. The van der Waals surface area contributed by atoms with Crippen molar-refractivity contribution in [2.45, 2.75) is 25.7 Å². The lowest BCUT2D eigenvalue weighted by Gasteiger charge is -2.25. The summed E-state index contributed by atoms with van der Waals surface area (Å²) in [5.74, 6) is -3.19. The van der Waals surface area contributed by atoms with Crippen molar-refractivity contribution in [3.63, 3.8) is 0 Å². The average Bonchev–Trinajstić information content (AvgIpc) is 2.92. The van der Waals surface area contributed by atoms with E-state index in [-0.39, 0.29) is 11.3 Å². The Morgan fingerprint density at radius 3 is 2.78 bits per heavy atom. The normalized spacial score (nSPS) is 20.1. The van der Waals surface area contributed by atoms with Crippen molar-refractivity contribution in [1.82, 2.24) is 5.32 Å². The Kier molecular flexibility index (Phi) is 3.85. The van der Waals surface area contributed by atoms with E-state index in [1.54, 1.807) is 12.1 Å². The van der Waals surface area contributed by atoms with E-state index in [1.165, 1.54) is 7.11 Å². The molecule has 1 aliphatic rings. The highest BCUT2D eigenvalue weighted by Gasteiger charge is 2.44. The van der Waals surface area contributed by atoms with Crippen LogP contribution in [0, 0.1) is 5.92 Å². The van der Waals surface area contributed by atoms with Crippen molar-refractivity contribution < 1.29 is 13.5 Å². The predicted molar refractivity (Wildman–Crippen MR) is 67.2 cm³/mol. The Hall–Kier alpha value is -1.16. The lowest BCUT2D eigenvalue weighted by molar-refractivity contribution is -0.0592. The molecule has 0 aliphatic carbocycles. The summed E-state index contributed by atoms with van der Waals surface area (Å²) >= 11 is 0. The molecule has 18 heavy (non-hydrogen) atoms. The summed E-state index contributed by atoms with van der Waals surface area (Å²) in [5.41, 5.74) is 0.939. The summed E-state index contributed by atoms with van der Waals surface area (Å²) in [6.45, 7) is 2.99. The number of benzene rings is 1. The van der Waals surface area contributed by atoms with Gasteiger partial charge in [0.05, 0.1) is 12.7 Å². The molecule has 1 aromatic carbocycles. The van der Waals surface area contributed by atoms with Gasteiger partial charge in [0.25, 0.3) is 5.92 Å². The van der Waals surface area contributed by atoms with E-state index in [9.17, 15) is 8.78 Å². The Labute approximate surface area is 106 Å². The van der Waals surface area contributed by atoms with Gasteiger partial charge in [-0.05, 0) is 37.1 Å². The van der Waals surface area contributed by atoms with E-state index < -0.39 is 11.8 Å². The first-order chi connectivity index (χ1) is 8.59. The van der Waals surface area contributed by atoms with Crippen LogP contribution in [0.15, 0.2) is 18.2 Å². The quantitative estimate of drug-likeness (QED) is 0.893. The summed E-state index contributed by atoms with van der Waals surface area (Å²) in [7, 11) is 1.44. The zero-order valence-electron chi connectivity index (χ0n) is 10.8. The fraction of sp³-hybridized carbons (Fsp3) is 0.571. The molecule has 1 saturated heterocycles. The number of rotatable bonds is 4. The van der Waals surface area contributed by atoms with Gasteiger partial charge in [-0.2, -0.15) is 0 Å². The Bertz CT molecular complexity index is 414. The maximum atomic E-state index is 14.5. The topological polar surface area (TPSA) is 21.3 Å². The molecule has 1 N–H and O–H groups in total. The van der Waals surface area contributed by atoms with E-state index in [4.69, 9.17) is 4.74 Å². The number of nitrogens with one attached hydrogen (secondary N) is 1. The molecule has 1 atom stereocenters. The molecule has 0 amide bonds. The molecule has 100 valence electrons. The molecule has 2 rings (SSSR count). The SMILES string of the molecule is CCc1ccc(OC)c(C(F)(F)C2CCNC2)c1. The minimum atomic E-state index is -2.83. The summed E-state index contributed by atoms with van der Waals surface area (Å²) in [4.78, 5) is 0. The van der Waals surface area contributed by atoms with Gasteiger partial charge in [0.1, 0.15) is 5.75 Å². The second kappa shape index (κ2) is 5.22. The molecule has 1 fully saturated rings. The third kappa shape index (κ3) is 2.34. The number of halogens is 2. The highest BCUT2D eigenvalue weighted by Crippen LogP contribution is 2.43. The van der Waals surface area contributed by atoms with Gasteiger partial charge in [0.2, 0.25) is 0 Å². The van der Waals surface area contributed by atoms with E-state index in [2.05, 4.69) is 5.32 Å². The molecule has 1 aromatic rings. The molecule has 0 spiro atoms. The first kappa shape index (κ1) is 13.3. The van der Waals surface area contributed by atoms with E-state index in [0.29, 0.717) is 19.5 Å². The average molecular weight is 255 g/mol. The molecule has 1 unspecified atom stereocenters. The smallest absolute Gasteiger partial charge is 0.280 e. The van der Waals surface area contributed by atoms with E-state index >= 15 is 0 Å². The van der Waals surface area contributed by atoms with Crippen LogP contribution in [-0.4, -0.2) is 20.2 Å². The van der Waals surface area contributed by atoms with Gasteiger partial charge in [0.15, 0.2) is 0 Å². The van der Waals surface area contributed by atoms with Gasteiger partial charge >= 0.3 is 0 Å². The van der Waals surface area contributed by atoms with Gasteiger partial charge in [-0.3, -0.25) is 0 Å². The molecule has 0 saturated carbocycles. The second-order valence-electron chi connectivity index (χ2n) is 4.70. The fourth-order valence-electron chi connectivity index (χ4n) is 2.42. The van der Waals surface area contributed by atoms with Crippen molar-refractivity contribution in [3.8, 4) is 5.75 Å².